The molecule has 1 aromatic heterocycles. The topological polar surface area (TPSA) is 12.0 Å². The number of hydrogen-bond donors (Lipinski definition) is 1. The average Bonchev–Trinajstić information content (AvgIpc) is 2.78. The summed E-state index contributed by atoms with van der Waals surface area (Å²) in [6, 6.07) is 10.1. The van der Waals surface area contributed by atoms with Crippen LogP contribution < -0.4 is 5.32 Å². The van der Waals surface area contributed by atoms with E-state index in [0.29, 0.717) is 12.1 Å². The Balaban J connectivity index is 1.69. The molecule has 0 aliphatic heterocycles. The molecule has 0 saturated carbocycles. The van der Waals surface area contributed by atoms with Crippen LogP contribution in [0.5, 0.6) is 0 Å². The van der Waals surface area contributed by atoms with E-state index in [0.717, 1.165) is 6.42 Å². The van der Waals surface area contributed by atoms with Gasteiger partial charge in [0.1, 0.15) is 0 Å². The first-order valence-electron chi connectivity index (χ1n) is 7.63. The van der Waals surface area contributed by atoms with E-state index in [-0.39, 0.29) is 0 Å². The fraction of sp³-hybridized carbons (Fsp3) is 0.444. The van der Waals surface area contributed by atoms with E-state index in [2.05, 4.69) is 66.3 Å². The first kappa shape index (κ1) is 15.3. The molecule has 0 bridgehead atoms. The zero-order chi connectivity index (χ0) is 15.0. The largest absolute Gasteiger partial charge is 0.307 e. The van der Waals surface area contributed by atoms with E-state index in [1.807, 2.05) is 11.3 Å². The number of nitrogens with one attached hydrogen (secondary N) is 1. The molecule has 1 nitrogen and oxygen atoms in total. The van der Waals surface area contributed by atoms with Crippen molar-refractivity contribution in [2.75, 3.05) is 0 Å². The number of halogens is 1. The van der Waals surface area contributed by atoms with Gasteiger partial charge in [0.25, 0.3) is 0 Å². The fourth-order valence-electron chi connectivity index (χ4n) is 3.39. The van der Waals surface area contributed by atoms with Gasteiger partial charge < -0.3 is 5.32 Å². The third-order valence-electron chi connectivity index (χ3n) is 4.43. The number of benzene rings is 1. The Morgan fingerprint density at radius 1 is 1.24 bits per heavy atom. The SMILES string of the molecule is Cc1cc(C(C)NC2CCc3cc(Br)ccc3C2)c(C)s1. The first-order valence-corrected chi connectivity index (χ1v) is 9.24. The molecule has 0 saturated heterocycles. The number of hydrogen-bond acceptors (Lipinski definition) is 2. The van der Waals surface area contributed by atoms with Gasteiger partial charge in [0, 0.05) is 26.3 Å². The maximum atomic E-state index is 3.84. The van der Waals surface area contributed by atoms with Gasteiger partial charge in [0.15, 0.2) is 0 Å². The molecular formula is C18H22BrNS. The van der Waals surface area contributed by atoms with Crippen LogP contribution in [-0.4, -0.2) is 6.04 Å². The molecule has 2 atom stereocenters. The summed E-state index contributed by atoms with van der Waals surface area (Å²) in [5.41, 5.74) is 4.49. The van der Waals surface area contributed by atoms with Crippen LogP contribution in [0.15, 0.2) is 28.7 Å². The van der Waals surface area contributed by atoms with Crippen molar-refractivity contribution < 1.29 is 0 Å². The van der Waals surface area contributed by atoms with E-state index in [1.54, 1.807) is 0 Å². The summed E-state index contributed by atoms with van der Waals surface area (Å²) >= 11 is 5.48. The minimum absolute atomic E-state index is 0.442. The molecule has 2 unspecified atom stereocenters. The van der Waals surface area contributed by atoms with Crippen LogP contribution in [0.3, 0.4) is 0 Å². The van der Waals surface area contributed by atoms with Crippen molar-refractivity contribution in [3.8, 4) is 0 Å². The molecule has 0 fully saturated rings. The zero-order valence-electron chi connectivity index (χ0n) is 12.9. The second-order valence-electron chi connectivity index (χ2n) is 6.11. The van der Waals surface area contributed by atoms with Gasteiger partial charge in [-0.2, -0.15) is 0 Å². The first-order chi connectivity index (χ1) is 10.0. The van der Waals surface area contributed by atoms with Crippen LogP contribution in [-0.2, 0) is 12.8 Å². The van der Waals surface area contributed by atoms with Crippen LogP contribution in [0.4, 0.5) is 0 Å². The number of fused-ring (bicyclic) bond motifs is 1. The van der Waals surface area contributed by atoms with E-state index in [9.17, 15) is 0 Å². The summed E-state index contributed by atoms with van der Waals surface area (Å²) in [6.07, 6.45) is 3.56. The van der Waals surface area contributed by atoms with Gasteiger partial charge in [0.05, 0.1) is 0 Å². The Morgan fingerprint density at radius 2 is 2.05 bits per heavy atom. The molecule has 2 aromatic rings. The van der Waals surface area contributed by atoms with Gasteiger partial charge in [-0.05, 0) is 74.9 Å². The van der Waals surface area contributed by atoms with Crippen molar-refractivity contribution in [2.24, 2.45) is 0 Å². The summed E-state index contributed by atoms with van der Waals surface area (Å²) in [4.78, 5) is 2.86. The van der Waals surface area contributed by atoms with Crippen molar-refractivity contribution in [3.63, 3.8) is 0 Å². The van der Waals surface area contributed by atoms with Gasteiger partial charge >= 0.3 is 0 Å². The Morgan fingerprint density at radius 3 is 2.76 bits per heavy atom. The molecule has 112 valence electrons. The summed E-state index contributed by atoms with van der Waals surface area (Å²) in [5.74, 6) is 0. The third-order valence-corrected chi connectivity index (χ3v) is 5.90. The normalized spacial score (nSPS) is 19.3. The van der Waals surface area contributed by atoms with Crippen molar-refractivity contribution in [1.82, 2.24) is 5.32 Å². The lowest BCUT2D eigenvalue weighted by Gasteiger charge is -2.28. The second-order valence-corrected chi connectivity index (χ2v) is 8.49. The molecule has 1 heterocycles. The number of rotatable bonds is 3. The van der Waals surface area contributed by atoms with Gasteiger partial charge in [0.2, 0.25) is 0 Å². The Bertz CT molecular complexity index is 647. The molecule has 1 aromatic carbocycles. The molecule has 0 spiro atoms. The third kappa shape index (κ3) is 3.41. The molecule has 1 N–H and O–H groups in total. The molecule has 0 amide bonds. The summed E-state index contributed by atoms with van der Waals surface area (Å²) in [5, 5.41) is 3.84. The predicted molar refractivity (Wildman–Crippen MR) is 95.3 cm³/mol. The van der Waals surface area contributed by atoms with Crippen molar-refractivity contribution >= 4 is 27.3 Å². The molecule has 1 aliphatic rings. The molecule has 3 rings (SSSR count). The van der Waals surface area contributed by atoms with E-state index in [4.69, 9.17) is 0 Å². The molecular weight excluding hydrogens is 342 g/mol. The maximum Gasteiger partial charge on any atom is 0.0305 e. The monoisotopic (exact) mass is 363 g/mol. The Hall–Kier alpha value is -0.640. The smallest absolute Gasteiger partial charge is 0.0305 e. The second kappa shape index (κ2) is 6.23. The van der Waals surface area contributed by atoms with Crippen molar-refractivity contribution in [1.29, 1.82) is 0 Å². The quantitative estimate of drug-likeness (QED) is 0.776. The number of thiophene rings is 1. The van der Waals surface area contributed by atoms with Gasteiger partial charge in [-0.3, -0.25) is 0 Å². The molecule has 3 heteroatoms. The highest BCUT2D eigenvalue weighted by Crippen LogP contribution is 2.29. The molecule has 21 heavy (non-hydrogen) atoms. The average molecular weight is 364 g/mol. The highest BCUT2D eigenvalue weighted by atomic mass is 79.9. The summed E-state index contributed by atoms with van der Waals surface area (Å²) in [6.45, 7) is 6.73. The van der Waals surface area contributed by atoms with Crippen LogP contribution in [0, 0.1) is 13.8 Å². The van der Waals surface area contributed by atoms with Gasteiger partial charge in [-0.1, -0.05) is 22.0 Å². The summed E-state index contributed by atoms with van der Waals surface area (Å²) in [7, 11) is 0. The Labute approximate surface area is 139 Å². The maximum absolute atomic E-state index is 3.84. The summed E-state index contributed by atoms with van der Waals surface area (Å²) < 4.78 is 1.20. The van der Waals surface area contributed by atoms with Crippen LogP contribution in [0.1, 0.15) is 45.8 Å². The number of aryl methyl sites for hydroxylation is 3. The van der Waals surface area contributed by atoms with Crippen LogP contribution >= 0.6 is 27.3 Å². The Kier molecular flexibility index (Phi) is 4.53. The fourth-order valence-corrected chi connectivity index (χ4v) is 4.82. The van der Waals surface area contributed by atoms with E-state index < -0.39 is 0 Å². The van der Waals surface area contributed by atoms with Crippen molar-refractivity contribution in [3.05, 3.63) is 55.2 Å². The lowest BCUT2D eigenvalue weighted by atomic mass is 9.88. The zero-order valence-corrected chi connectivity index (χ0v) is 15.3. The minimum atomic E-state index is 0.442. The van der Waals surface area contributed by atoms with E-state index >= 15 is 0 Å². The minimum Gasteiger partial charge on any atom is -0.307 e. The molecule has 1 aliphatic carbocycles. The van der Waals surface area contributed by atoms with E-state index in [1.165, 1.54) is 43.8 Å². The standard InChI is InChI=1S/C18H22BrNS/c1-11-8-18(13(3)21-11)12(2)20-17-7-5-14-9-16(19)6-4-15(14)10-17/h4,6,8-9,12,17,20H,5,7,10H2,1-3H3. The molecule has 0 radical (unpaired) electrons. The lowest BCUT2D eigenvalue weighted by molar-refractivity contribution is 0.413. The highest BCUT2D eigenvalue weighted by Gasteiger charge is 2.21. The van der Waals surface area contributed by atoms with Crippen LogP contribution in [0.25, 0.3) is 0 Å². The highest BCUT2D eigenvalue weighted by molar-refractivity contribution is 9.10. The van der Waals surface area contributed by atoms with Gasteiger partial charge in [-0.25, -0.2) is 0 Å². The predicted octanol–water partition coefficient (Wildman–Crippen LogP) is 5.34. The lowest BCUT2D eigenvalue weighted by Crippen LogP contribution is -2.36. The van der Waals surface area contributed by atoms with Gasteiger partial charge in [-0.15, -0.1) is 11.3 Å². The van der Waals surface area contributed by atoms with Crippen LogP contribution in [0.2, 0.25) is 0 Å². The van der Waals surface area contributed by atoms with Crippen molar-refractivity contribution in [2.45, 2.75) is 52.1 Å².